The van der Waals surface area contributed by atoms with Crippen molar-refractivity contribution in [2.75, 3.05) is 12.3 Å². The highest BCUT2D eigenvalue weighted by Crippen LogP contribution is 2.05. The Morgan fingerprint density at radius 2 is 2.11 bits per heavy atom. The Labute approximate surface area is 109 Å². The number of nitrogens with one attached hydrogen (secondary N) is 2. The van der Waals surface area contributed by atoms with Gasteiger partial charge in [-0.1, -0.05) is 13.8 Å². The third-order valence-corrected chi connectivity index (χ3v) is 4.07. The first-order valence-electron chi connectivity index (χ1n) is 6.00. The van der Waals surface area contributed by atoms with Gasteiger partial charge in [-0.3, -0.25) is 4.68 Å². The van der Waals surface area contributed by atoms with E-state index in [1.54, 1.807) is 10.9 Å². The van der Waals surface area contributed by atoms with Crippen LogP contribution in [0, 0.1) is 6.92 Å². The van der Waals surface area contributed by atoms with E-state index >= 15 is 0 Å². The third kappa shape index (κ3) is 4.75. The van der Waals surface area contributed by atoms with Crippen LogP contribution in [0.25, 0.3) is 0 Å². The summed E-state index contributed by atoms with van der Waals surface area (Å²) in [5.74, 6) is 0.0878. The van der Waals surface area contributed by atoms with E-state index in [0.29, 0.717) is 19.1 Å². The molecule has 1 rings (SSSR count). The quantitative estimate of drug-likeness (QED) is 0.742. The highest BCUT2D eigenvalue weighted by atomic mass is 32.2. The standard InChI is InChI=1S/C11H22N4O2S/c1-9(2)12-5-6-18(16,17)14-8-11-7-13-15(4)10(11)3/h7,9,12,14H,5-6,8H2,1-4H3. The number of nitrogens with zero attached hydrogens (tertiary/aromatic N) is 2. The van der Waals surface area contributed by atoms with Crippen LogP contribution in [0.2, 0.25) is 0 Å². The monoisotopic (exact) mass is 274 g/mol. The van der Waals surface area contributed by atoms with Crippen molar-refractivity contribution in [2.45, 2.75) is 33.4 Å². The lowest BCUT2D eigenvalue weighted by atomic mass is 10.3. The fourth-order valence-electron chi connectivity index (χ4n) is 1.46. The number of rotatable bonds is 7. The van der Waals surface area contributed by atoms with Crippen LogP contribution in [0.4, 0.5) is 0 Å². The molecule has 0 aliphatic rings. The van der Waals surface area contributed by atoms with Crippen LogP contribution in [0.1, 0.15) is 25.1 Å². The highest BCUT2D eigenvalue weighted by molar-refractivity contribution is 7.89. The van der Waals surface area contributed by atoms with E-state index in [-0.39, 0.29) is 5.75 Å². The normalized spacial score (nSPS) is 12.3. The van der Waals surface area contributed by atoms with Gasteiger partial charge in [-0.25, -0.2) is 13.1 Å². The topological polar surface area (TPSA) is 76.0 Å². The van der Waals surface area contributed by atoms with Gasteiger partial charge in [-0.15, -0.1) is 0 Å². The van der Waals surface area contributed by atoms with Gasteiger partial charge in [0.25, 0.3) is 0 Å². The molecule has 7 heteroatoms. The first kappa shape index (κ1) is 15.1. The van der Waals surface area contributed by atoms with Crippen molar-refractivity contribution in [3.05, 3.63) is 17.5 Å². The number of sulfonamides is 1. The number of aromatic nitrogens is 2. The summed E-state index contributed by atoms with van der Waals surface area (Å²) >= 11 is 0. The Morgan fingerprint density at radius 1 is 1.44 bits per heavy atom. The van der Waals surface area contributed by atoms with Gasteiger partial charge in [0.2, 0.25) is 10.0 Å². The molecule has 104 valence electrons. The van der Waals surface area contributed by atoms with Gasteiger partial charge >= 0.3 is 0 Å². The van der Waals surface area contributed by atoms with Gasteiger partial charge in [0, 0.05) is 37.4 Å². The molecule has 1 aromatic heterocycles. The van der Waals surface area contributed by atoms with Crippen molar-refractivity contribution in [1.29, 1.82) is 0 Å². The van der Waals surface area contributed by atoms with Crippen molar-refractivity contribution in [2.24, 2.45) is 7.05 Å². The molecule has 0 saturated heterocycles. The molecule has 0 atom stereocenters. The minimum Gasteiger partial charge on any atom is -0.313 e. The van der Waals surface area contributed by atoms with Gasteiger partial charge < -0.3 is 5.32 Å². The van der Waals surface area contributed by atoms with Gasteiger partial charge in [0.05, 0.1) is 11.9 Å². The Bertz CT molecular complexity index is 479. The second kappa shape index (κ2) is 6.31. The molecule has 1 aromatic rings. The first-order chi connectivity index (χ1) is 8.32. The molecule has 6 nitrogen and oxygen atoms in total. The fourth-order valence-corrected chi connectivity index (χ4v) is 2.37. The van der Waals surface area contributed by atoms with Crippen LogP contribution >= 0.6 is 0 Å². The predicted octanol–water partition coefficient (Wildman–Crippen LogP) is 0.146. The van der Waals surface area contributed by atoms with Gasteiger partial charge in [0.1, 0.15) is 0 Å². The second-order valence-corrected chi connectivity index (χ2v) is 6.55. The van der Waals surface area contributed by atoms with Crippen molar-refractivity contribution in [3.63, 3.8) is 0 Å². The summed E-state index contributed by atoms with van der Waals surface area (Å²) in [5.41, 5.74) is 1.87. The van der Waals surface area contributed by atoms with Crippen LogP contribution in [-0.2, 0) is 23.6 Å². The van der Waals surface area contributed by atoms with Crippen LogP contribution in [0.5, 0.6) is 0 Å². The van der Waals surface area contributed by atoms with Gasteiger partial charge in [-0.05, 0) is 6.92 Å². The lowest BCUT2D eigenvalue weighted by molar-refractivity contribution is 0.566. The molecule has 0 amide bonds. The van der Waals surface area contributed by atoms with E-state index in [2.05, 4.69) is 15.1 Å². The zero-order chi connectivity index (χ0) is 13.8. The summed E-state index contributed by atoms with van der Waals surface area (Å²) in [6, 6.07) is 0.292. The van der Waals surface area contributed by atoms with E-state index in [1.165, 1.54) is 0 Å². The van der Waals surface area contributed by atoms with Crippen molar-refractivity contribution < 1.29 is 8.42 Å². The molecule has 0 fully saturated rings. The average molecular weight is 274 g/mol. The predicted molar refractivity (Wildman–Crippen MR) is 71.7 cm³/mol. The first-order valence-corrected chi connectivity index (χ1v) is 7.65. The van der Waals surface area contributed by atoms with Crippen LogP contribution in [0.15, 0.2) is 6.20 Å². The Balaban J connectivity index is 2.44. The summed E-state index contributed by atoms with van der Waals surface area (Å²) in [5, 5.41) is 7.15. The molecule has 0 unspecified atom stereocenters. The van der Waals surface area contributed by atoms with Crippen molar-refractivity contribution in [3.8, 4) is 0 Å². The Kier molecular flexibility index (Phi) is 5.30. The molecule has 1 heterocycles. The molecule has 0 aliphatic carbocycles. The number of hydrogen-bond acceptors (Lipinski definition) is 4. The maximum absolute atomic E-state index is 11.7. The zero-order valence-electron chi connectivity index (χ0n) is 11.4. The van der Waals surface area contributed by atoms with Crippen molar-refractivity contribution >= 4 is 10.0 Å². The zero-order valence-corrected chi connectivity index (χ0v) is 12.2. The molecule has 0 bridgehead atoms. The maximum Gasteiger partial charge on any atom is 0.213 e. The molecular formula is C11H22N4O2S. The number of aryl methyl sites for hydroxylation is 1. The summed E-state index contributed by atoms with van der Waals surface area (Å²) < 4.78 is 27.8. The number of hydrogen-bond donors (Lipinski definition) is 2. The minimum atomic E-state index is -3.23. The highest BCUT2D eigenvalue weighted by Gasteiger charge is 2.11. The van der Waals surface area contributed by atoms with Crippen LogP contribution in [0.3, 0.4) is 0 Å². The van der Waals surface area contributed by atoms with E-state index in [1.807, 2.05) is 27.8 Å². The van der Waals surface area contributed by atoms with Crippen LogP contribution in [-0.4, -0.2) is 36.5 Å². The van der Waals surface area contributed by atoms with Crippen LogP contribution < -0.4 is 10.0 Å². The Morgan fingerprint density at radius 3 is 2.61 bits per heavy atom. The summed E-state index contributed by atoms with van der Waals surface area (Å²) in [4.78, 5) is 0. The van der Waals surface area contributed by atoms with Gasteiger partial charge in [0.15, 0.2) is 0 Å². The van der Waals surface area contributed by atoms with E-state index in [4.69, 9.17) is 0 Å². The molecule has 0 saturated carbocycles. The fraction of sp³-hybridized carbons (Fsp3) is 0.727. The molecule has 0 radical (unpaired) electrons. The molecule has 0 spiro atoms. The lowest BCUT2D eigenvalue weighted by Crippen LogP contribution is -2.34. The molecule has 0 aliphatic heterocycles. The third-order valence-electron chi connectivity index (χ3n) is 2.74. The molecular weight excluding hydrogens is 252 g/mol. The maximum atomic E-state index is 11.7. The molecule has 2 N–H and O–H groups in total. The molecule has 0 aromatic carbocycles. The van der Waals surface area contributed by atoms with Gasteiger partial charge in [-0.2, -0.15) is 5.10 Å². The second-order valence-electron chi connectivity index (χ2n) is 4.63. The minimum absolute atomic E-state index is 0.0878. The summed E-state index contributed by atoms with van der Waals surface area (Å²) in [6.07, 6.45) is 1.68. The molecule has 18 heavy (non-hydrogen) atoms. The SMILES string of the molecule is Cc1c(CNS(=O)(=O)CCNC(C)C)cnn1C. The van der Waals surface area contributed by atoms with Crippen molar-refractivity contribution in [1.82, 2.24) is 19.8 Å². The smallest absolute Gasteiger partial charge is 0.213 e. The lowest BCUT2D eigenvalue weighted by Gasteiger charge is -2.09. The Hall–Kier alpha value is -0.920. The van der Waals surface area contributed by atoms with E-state index < -0.39 is 10.0 Å². The average Bonchev–Trinajstić information content (AvgIpc) is 2.56. The van der Waals surface area contributed by atoms with E-state index in [9.17, 15) is 8.42 Å². The van der Waals surface area contributed by atoms with E-state index in [0.717, 1.165) is 11.3 Å². The summed E-state index contributed by atoms with van der Waals surface area (Å²) in [7, 11) is -1.40. The largest absolute Gasteiger partial charge is 0.313 e. The summed E-state index contributed by atoms with van der Waals surface area (Å²) in [6.45, 7) is 6.64.